The third-order valence-corrected chi connectivity index (χ3v) is 7.63. The van der Waals surface area contributed by atoms with Crippen LogP contribution in [0.15, 0.2) is 52.4 Å². The first kappa shape index (κ1) is 23.0. The quantitative estimate of drug-likeness (QED) is 0.342. The highest BCUT2D eigenvalue weighted by Gasteiger charge is 2.26. The Morgan fingerprint density at radius 2 is 1.70 bits per heavy atom. The second kappa shape index (κ2) is 10.1. The van der Waals surface area contributed by atoms with E-state index >= 15 is 0 Å². The Bertz CT molecular complexity index is 1000. The number of nitrogens with zero attached hydrogens (tertiary/aromatic N) is 2. The van der Waals surface area contributed by atoms with Gasteiger partial charge in [0.1, 0.15) is 0 Å². The van der Waals surface area contributed by atoms with Crippen LogP contribution in [0.4, 0.5) is 5.69 Å². The van der Waals surface area contributed by atoms with Gasteiger partial charge in [-0.05, 0) is 73.4 Å². The molecular weight excluding hydrogens is 511 g/mol. The van der Waals surface area contributed by atoms with Crippen LogP contribution < -0.4 is 11.1 Å². The molecule has 4 rings (SSSR count). The van der Waals surface area contributed by atoms with Crippen LogP contribution in [0, 0.1) is 0 Å². The highest BCUT2D eigenvalue weighted by atomic mass is 127. The van der Waals surface area contributed by atoms with Crippen molar-refractivity contribution in [1.82, 2.24) is 4.31 Å². The van der Waals surface area contributed by atoms with Crippen molar-refractivity contribution < 1.29 is 8.42 Å². The van der Waals surface area contributed by atoms with Gasteiger partial charge < -0.3 is 11.1 Å². The molecule has 1 aliphatic carbocycles. The van der Waals surface area contributed by atoms with E-state index in [-0.39, 0.29) is 24.0 Å². The lowest BCUT2D eigenvalue weighted by atomic mass is 9.90. The Kier molecular flexibility index (Phi) is 7.75. The third kappa shape index (κ3) is 5.15. The van der Waals surface area contributed by atoms with Crippen LogP contribution in [0.25, 0.3) is 0 Å². The van der Waals surface area contributed by atoms with Gasteiger partial charge in [0.25, 0.3) is 0 Å². The molecule has 0 amide bonds. The zero-order chi connectivity index (χ0) is 20.3. The van der Waals surface area contributed by atoms with Crippen molar-refractivity contribution in [2.24, 2.45) is 10.7 Å². The lowest BCUT2D eigenvalue weighted by Crippen LogP contribution is -2.27. The number of rotatable bonds is 5. The number of nitrogens with two attached hydrogens (primary N) is 1. The number of halogens is 1. The molecule has 2 aliphatic rings. The summed E-state index contributed by atoms with van der Waals surface area (Å²) in [6, 6.07) is 13.2. The molecule has 0 aromatic heterocycles. The minimum absolute atomic E-state index is 0. The standard InChI is InChI=1S/C22H28N4O2S.HI/c23-22(25-21-9-5-7-18-6-1-2-8-20(18)21)24-16-17-10-12-19(13-11-17)29(27,28)26-14-3-4-15-26;/h5,7,9-13H,1-4,6,8,14-16H2,(H3,23,24,25);1H. The first-order chi connectivity index (χ1) is 14.0. The Balaban J connectivity index is 0.00000256. The third-order valence-electron chi connectivity index (χ3n) is 5.72. The molecule has 1 aliphatic heterocycles. The molecule has 0 saturated carbocycles. The van der Waals surface area contributed by atoms with E-state index in [0.717, 1.165) is 36.9 Å². The Hall–Kier alpha value is -1.65. The second-order valence-electron chi connectivity index (χ2n) is 7.73. The van der Waals surface area contributed by atoms with Crippen LogP contribution in [0.1, 0.15) is 42.4 Å². The van der Waals surface area contributed by atoms with Gasteiger partial charge in [0, 0.05) is 18.8 Å². The summed E-state index contributed by atoms with van der Waals surface area (Å²) in [5.41, 5.74) is 10.8. The molecule has 6 nitrogen and oxygen atoms in total. The Morgan fingerprint density at radius 3 is 2.43 bits per heavy atom. The SMILES string of the molecule is I.NC(=NCc1ccc(S(=O)(=O)N2CCCC2)cc1)Nc1cccc2c1CCCC2. The van der Waals surface area contributed by atoms with Crippen LogP contribution in [0.5, 0.6) is 0 Å². The van der Waals surface area contributed by atoms with E-state index in [4.69, 9.17) is 5.73 Å². The molecule has 1 heterocycles. The zero-order valence-electron chi connectivity index (χ0n) is 17.0. The Labute approximate surface area is 196 Å². The summed E-state index contributed by atoms with van der Waals surface area (Å²) < 4.78 is 26.8. The number of nitrogens with one attached hydrogen (secondary N) is 1. The molecule has 1 fully saturated rings. The fraction of sp³-hybridized carbons (Fsp3) is 0.409. The maximum absolute atomic E-state index is 12.6. The van der Waals surface area contributed by atoms with E-state index in [1.165, 1.54) is 24.0 Å². The minimum Gasteiger partial charge on any atom is -0.370 e. The van der Waals surface area contributed by atoms with E-state index in [2.05, 4.69) is 22.4 Å². The van der Waals surface area contributed by atoms with Crippen molar-refractivity contribution in [3.05, 3.63) is 59.2 Å². The molecule has 2 aromatic carbocycles. The van der Waals surface area contributed by atoms with Crippen molar-refractivity contribution in [1.29, 1.82) is 0 Å². The van der Waals surface area contributed by atoms with Gasteiger partial charge in [-0.3, -0.25) is 0 Å². The summed E-state index contributed by atoms with van der Waals surface area (Å²) >= 11 is 0. The number of sulfonamides is 1. The van der Waals surface area contributed by atoms with E-state index < -0.39 is 10.0 Å². The molecule has 162 valence electrons. The maximum atomic E-state index is 12.6. The van der Waals surface area contributed by atoms with E-state index in [1.54, 1.807) is 16.4 Å². The summed E-state index contributed by atoms with van der Waals surface area (Å²) in [5, 5.41) is 3.24. The summed E-state index contributed by atoms with van der Waals surface area (Å²) in [4.78, 5) is 4.77. The first-order valence-corrected chi connectivity index (χ1v) is 11.7. The largest absolute Gasteiger partial charge is 0.370 e. The number of hydrogen-bond acceptors (Lipinski definition) is 3. The van der Waals surface area contributed by atoms with E-state index in [9.17, 15) is 8.42 Å². The van der Waals surface area contributed by atoms with Crippen molar-refractivity contribution in [2.45, 2.75) is 50.0 Å². The molecular formula is C22H29IN4O2S. The van der Waals surface area contributed by atoms with Crippen LogP contribution in [-0.2, 0) is 29.4 Å². The fourth-order valence-corrected chi connectivity index (χ4v) is 5.61. The van der Waals surface area contributed by atoms with Gasteiger partial charge in [0.2, 0.25) is 10.0 Å². The lowest BCUT2D eigenvalue weighted by Gasteiger charge is -2.19. The molecule has 0 bridgehead atoms. The molecule has 2 aromatic rings. The van der Waals surface area contributed by atoms with E-state index in [0.29, 0.717) is 30.5 Å². The average molecular weight is 540 g/mol. The van der Waals surface area contributed by atoms with E-state index in [1.807, 2.05) is 18.2 Å². The number of anilines is 1. The van der Waals surface area contributed by atoms with Gasteiger partial charge in [0.05, 0.1) is 11.4 Å². The zero-order valence-corrected chi connectivity index (χ0v) is 20.2. The van der Waals surface area contributed by atoms with Crippen LogP contribution in [0.3, 0.4) is 0 Å². The number of benzene rings is 2. The summed E-state index contributed by atoms with van der Waals surface area (Å²) in [5.74, 6) is 0.373. The second-order valence-corrected chi connectivity index (χ2v) is 9.67. The molecule has 8 heteroatoms. The van der Waals surface area contributed by atoms with Crippen LogP contribution >= 0.6 is 24.0 Å². The maximum Gasteiger partial charge on any atom is 0.243 e. The molecule has 0 spiro atoms. The number of guanidine groups is 1. The fourth-order valence-electron chi connectivity index (χ4n) is 4.10. The van der Waals surface area contributed by atoms with Gasteiger partial charge in [0.15, 0.2) is 5.96 Å². The summed E-state index contributed by atoms with van der Waals surface area (Å²) in [6.07, 6.45) is 6.50. The molecule has 1 saturated heterocycles. The smallest absolute Gasteiger partial charge is 0.243 e. The van der Waals surface area contributed by atoms with Crippen molar-refractivity contribution in [3.8, 4) is 0 Å². The molecule has 3 N–H and O–H groups in total. The monoisotopic (exact) mass is 540 g/mol. The summed E-state index contributed by atoms with van der Waals surface area (Å²) in [6.45, 7) is 1.62. The van der Waals surface area contributed by atoms with Crippen LogP contribution in [-0.4, -0.2) is 31.8 Å². The van der Waals surface area contributed by atoms with Gasteiger partial charge in [-0.15, -0.1) is 24.0 Å². The first-order valence-electron chi connectivity index (χ1n) is 10.3. The number of hydrogen-bond donors (Lipinski definition) is 2. The number of aliphatic imine (C=N–C) groups is 1. The molecule has 0 radical (unpaired) electrons. The van der Waals surface area contributed by atoms with Gasteiger partial charge in [-0.2, -0.15) is 4.31 Å². The van der Waals surface area contributed by atoms with Crippen molar-refractivity contribution in [2.75, 3.05) is 18.4 Å². The molecule has 0 atom stereocenters. The minimum atomic E-state index is -3.38. The predicted molar refractivity (Wildman–Crippen MR) is 132 cm³/mol. The Morgan fingerprint density at radius 1 is 1.00 bits per heavy atom. The molecule has 0 unspecified atom stereocenters. The van der Waals surface area contributed by atoms with Gasteiger partial charge in [-0.25, -0.2) is 13.4 Å². The highest BCUT2D eigenvalue weighted by Crippen LogP contribution is 2.27. The molecule has 30 heavy (non-hydrogen) atoms. The number of fused-ring (bicyclic) bond motifs is 1. The normalized spacial score (nSPS) is 17.3. The highest BCUT2D eigenvalue weighted by molar-refractivity contribution is 14.0. The van der Waals surface area contributed by atoms with Gasteiger partial charge >= 0.3 is 0 Å². The van der Waals surface area contributed by atoms with Crippen molar-refractivity contribution >= 4 is 45.6 Å². The lowest BCUT2D eigenvalue weighted by molar-refractivity contribution is 0.477. The van der Waals surface area contributed by atoms with Gasteiger partial charge in [-0.1, -0.05) is 24.3 Å². The summed E-state index contributed by atoms with van der Waals surface area (Å²) in [7, 11) is -3.38. The predicted octanol–water partition coefficient (Wildman–Crippen LogP) is 3.89. The van der Waals surface area contributed by atoms with Crippen LogP contribution in [0.2, 0.25) is 0 Å². The average Bonchev–Trinajstić information content (AvgIpc) is 3.29. The topological polar surface area (TPSA) is 87.8 Å². The van der Waals surface area contributed by atoms with Crippen molar-refractivity contribution in [3.63, 3.8) is 0 Å². The number of aryl methyl sites for hydroxylation is 1.